The second-order valence-electron chi connectivity index (χ2n) is 4.32. The van der Waals surface area contributed by atoms with Crippen LogP contribution in [0.3, 0.4) is 0 Å². The Morgan fingerprint density at radius 3 is 2.76 bits per heavy atom. The van der Waals surface area contributed by atoms with E-state index in [9.17, 15) is 4.79 Å². The van der Waals surface area contributed by atoms with E-state index in [2.05, 4.69) is 15.3 Å². The maximum absolute atomic E-state index is 11.7. The summed E-state index contributed by atoms with van der Waals surface area (Å²) in [5, 5.41) is 12.1. The molecule has 21 heavy (non-hydrogen) atoms. The lowest BCUT2D eigenvalue weighted by atomic mass is 10.2. The zero-order chi connectivity index (χ0) is 14.8. The van der Waals surface area contributed by atoms with E-state index in [-0.39, 0.29) is 18.1 Å². The molecule has 3 rings (SSSR count). The lowest BCUT2D eigenvalue weighted by molar-refractivity contribution is 0.0519. The van der Waals surface area contributed by atoms with Gasteiger partial charge in [-0.3, -0.25) is 0 Å². The number of fused-ring (bicyclic) bond motifs is 1. The average Bonchev–Trinajstić information content (AvgIpc) is 2.94. The van der Waals surface area contributed by atoms with Crippen molar-refractivity contribution in [3.8, 4) is 11.3 Å². The Morgan fingerprint density at radius 1 is 1.29 bits per heavy atom. The number of benzene rings is 1. The first kappa shape index (κ1) is 13.0. The molecule has 0 amide bonds. The third kappa shape index (κ3) is 2.29. The highest BCUT2D eigenvalue weighted by Crippen LogP contribution is 2.20. The number of aromatic nitrogens is 4. The highest BCUT2D eigenvalue weighted by atomic mass is 16.5. The predicted octanol–water partition coefficient (Wildman–Crippen LogP) is 1.55. The van der Waals surface area contributed by atoms with Crippen LogP contribution in [0, 0.1) is 0 Å². The van der Waals surface area contributed by atoms with Gasteiger partial charge in [-0.15, -0.1) is 10.2 Å². The first-order chi connectivity index (χ1) is 10.2. The molecule has 2 N–H and O–H groups in total. The van der Waals surface area contributed by atoms with Gasteiger partial charge in [0, 0.05) is 11.6 Å². The fourth-order valence-electron chi connectivity index (χ4n) is 1.97. The minimum Gasteiger partial charge on any atom is -0.461 e. The Hall–Kier alpha value is -2.96. The maximum Gasteiger partial charge on any atom is 0.362 e. The summed E-state index contributed by atoms with van der Waals surface area (Å²) >= 11 is 0. The van der Waals surface area contributed by atoms with E-state index in [4.69, 9.17) is 10.5 Å². The number of nitrogens with two attached hydrogens (primary N) is 1. The molecule has 2 heterocycles. The number of anilines is 1. The molecule has 0 aliphatic rings. The van der Waals surface area contributed by atoms with Crippen LogP contribution >= 0.6 is 0 Å². The molecular weight excluding hydrogens is 270 g/mol. The van der Waals surface area contributed by atoms with E-state index < -0.39 is 5.97 Å². The Labute approximate surface area is 120 Å². The number of rotatable bonds is 3. The van der Waals surface area contributed by atoms with Crippen LogP contribution in [-0.4, -0.2) is 32.4 Å². The number of esters is 1. The maximum atomic E-state index is 11.7. The molecule has 0 spiro atoms. The van der Waals surface area contributed by atoms with Crippen molar-refractivity contribution >= 4 is 17.4 Å². The van der Waals surface area contributed by atoms with E-state index in [0.717, 1.165) is 5.56 Å². The van der Waals surface area contributed by atoms with Gasteiger partial charge >= 0.3 is 5.97 Å². The molecule has 3 aromatic rings. The van der Waals surface area contributed by atoms with Crippen molar-refractivity contribution < 1.29 is 9.53 Å². The Balaban J connectivity index is 2.10. The third-order valence-corrected chi connectivity index (χ3v) is 2.95. The molecule has 0 atom stereocenters. The van der Waals surface area contributed by atoms with Crippen LogP contribution in [0.25, 0.3) is 16.9 Å². The first-order valence-corrected chi connectivity index (χ1v) is 6.45. The number of nitrogen functional groups attached to an aromatic ring is 1. The van der Waals surface area contributed by atoms with Gasteiger partial charge < -0.3 is 10.5 Å². The van der Waals surface area contributed by atoms with Crippen LogP contribution in [0.5, 0.6) is 0 Å². The number of nitrogens with zero attached hydrogens (tertiary/aromatic N) is 4. The predicted molar refractivity (Wildman–Crippen MR) is 76.6 cm³/mol. The van der Waals surface area contributed by atoms with E-state index in [1.165, 1.54) is 4.52 Å². The van der Waals surface area contributed by atoms with Crippen LogP contribution in [0.4, 0.5) is 5.82 Å². The molecule has 0 bridgehead atoms. The molecule has 7 nitrogen and oxygen atoms in total. The topological polar surface area (TPSA) is 95.4 Å². The third-order valence-electron chi connectivity index (χ3n) is 2.95. The van der Waals surface area contributed by atoms with Crippen LogP contribution in [-0.2, 0) is 4.74 Å². The molecule has 106 valence electrons. The average molecular weight is 283 g/mol. The first-order valence-electron chi connectivity index (χ1n) is 6.45. The second-order valence-corrected chi connectivity index (χ2v) is 4.32. The summed E-state index contributed by atoms with van der Waals surface area (Å²) < 4.78 is 6.28. The van der Waals surface area contributed by atoms with E-state index >= 15 is 0 Å². The minimum absolute atomic E-state index is 0.0351. The van der Waals surface area contributed by atoms with Crippen molar-refractivity contribution in [2.75, 3.05) is 12.3 Å². The fourth-order valence-corrected chi connectivity index (χ4v) is 1.97. The Bertz CT molecular complexity index is 798. The van der Waals surface area contributed by atoms with Gasteiger partial charge in [-0.2, -0.15) is 9.61 Å². The number of carbonyl (C=O) groups excluding carboxylic acids is 1. The summed E-state index contributed by atoms with van der Waals surface area (Å²) in [5.41, 5.74) is 8.01. The molecular formula is C14H13N5O2. The smallest absolute Gasteiger partial charge is 0.362 e. The molecule has 0 aliphatic heterocycles. The molecule has 7 heteroatoms. The van der Waals surface area contributed by atoms with Gasteiger partial charge in [0.05, 0.1) is 12.3 Å². The van der Waals surface area contributed by atoms with Gasteiger partial charge in [-0.05, 0) is 6.92 Å². The van der Waals surface area contributed by atoms with Crippen LogP contribution in [0.15, 0.2) is 36.4 Å². The summed E-state index contributed by atoms with van der Waals surface area (Å²) in [6, 6.07) is 11.4. The van der Waals surface area contributed by atoms with Crippen molar-refractivity contribution in [1.29, 1.82) is 0 Å². The summed E-state index contributed by atoms with van der Waals surface area (Å²) in [4.78, 5) is 11.7. The standard InChI is InChI=1S/C14H13N5O2/c1-2-21-14(20)12-13(15)19-11(16-17-12)8-10(18-19)9-6-4-3-5-7-9/h3-8H,2,15H2,1H3. The van der Waals surface area contributed by atoms with Crippen molar-refractivity contribution in [2.45, 2.75) is 6.92 Å². The van der Waals surface area contributed by atoms with E-state index in [0.29, 0.717) is 11.3 Å². The molecule has 0 saturated heterocycles. The largest absolute Gasteiger partial charge is 0.461 e. The summed E-state index contributed by atoms with van der Waals surface area (Å²) in [5.74, 6) is -0.498. The van der Waals surface area contributed by atoms with Gasteiger partial charge in [-0.25, -0.2) is 4.79 Å². The van der Waals surface area contributed by atoms with Crippen LogP contribution in [0.1, 0.15) is 17.4 Å². The quantitative estimate of drug-likeness (QED) is 0.733. The normalized spacial score (nSPS) is 10.7. The molecule has 0 aliphatic carbocycles. The SMILES string of the molecule is CCOC(=O)c1nnc2cc(-c3ccccc3)nn2c1N. The highest BCUT2D eigenvalue weighted by Gasteiger charge is 2.18. The summed E-state index contributed by atoms with van der Waals surface area (Å²) in [6.45, 7) is 1.95. The number of carbonyl (C=O) groups is 1. The lowest BCUT2D eigenvalue weighted by Crippen LogP contribution is -2.15. The molecule has 0 radical (unpaired) electrons. The van der Waals surface area contributed by atoms with Crippen LogP contribution < -0.4 is 5.73 Å². The second kappa shape index (κ2) is 5.20. The van der Waals surface area contributed by atoms with Crippen molar-refractivity contribution in [3.63, 3.8) is 0 Å². The molecule has 0 unspecified atom stereocenters. The summed E-state index contributed by atoms with van der Waals surface area (Å²) in [7, 11) is 0. The molecule has 1 aromatic carbocycles. The fraction of sp³-hybridized carbons (Fsp3) is 0.143. The van der Waals surface area contributed by atoms with E-state index in [1.54, 1.807) is 13.0 Å². The Kier molecular flexibility index (Phi) is 3.23. The van der Waals surface area contributed by atoms with Gasteiger partial charge in [0.25, 0.3) is 0 Å². The molecule has 0 saturated carbocycles. The molecule has 2 aromatic heterocycles. The lowest BCUT2D eigenvalue weighted by Gasteiger charge is -2.04. The Morgan fingerprint density at radius 2 is 2.05 bits per heavy atom. The monoisotopic (exact) mass is 283 g/mol. The van der Waals surface area contributed by atoms with Crippen molar-refractivity contribution in [3.05, 3.63) is 42.1 Å². The zero-order valence-electron chi connectivity index (χ0n) is 11.4. The van der Waals surface area contributed by atoms with Crippen molar-refractivity contribution in [1.82, 2.24) is 19.8 Å². The summed E-state index contributed by atoms with van der Waals surface area (Å²) in [6.07, 6.45) is 0. The number of hydrogen-bond donors (Lipinski definition) is 1. The van der Waals surface area contributed by atoms with Gasteiger partial charge in [0.15, 0.2) is 11.5 Å². The van der Waals surface area contributed by atoms with Crippen molar-refractivity contribution in [2.24, 2.45) is 0 Å². The van der Waals surface area contributed by atoms with Gasteiger partial charge in [-0.1, -0.05) is 30.3 Å². The zero-order valence-corrected chi connectivity index (χ0v) is 11.4. The van der Waals surface area contributed by atoms with Gasteiger partial charge in [0.2, 0.25) is 5.69 Å². The number of ether oxygens (including phenoxy) is 1. The highest BCUT2D eigenvalue weighted by molar-refractivity contribution is 5.92. The number of hydrogen-bond acceptors (Lipinski definition) is 6. The van der Waals surface area contributed by atoms with E-state index in [1.807, 2.05) is 30.3 Å². The molecule has 0 fully saturated rings. The van der Waals surface area contributed by atoms with Gasteiger partial charge in [0.1, 0.15) is 0 Å². The minimum atomic E-state index is -0.610. The van der Waals surface area contributed by atoms with Crippen LogP contribution in [0.2, 0.25) is 0 Å².